The summed E-state index contributed by atoms with van der Waals surface area (Å²) in [7, 11) is 2.18. The minimum atomic E-state index is 0.318. The van der Waals surface area contributed by atoms with Crippen LogP contribution in [0.4, 0.5) is 0 Å². The zero-order valence-electron chi connectivity index (χ0n) is 11.5. The number of aryl methyl sites for hydroxylation is 1. The van der Waals surface area contributed by atoms with Gasteiger partial charge in [0.05, 0.1) is 11.2 Å². The smallest absolute Gasteiger partial charge is 0.0798 e. The monoisotopic (exact) mass is 272 g/mol. The lowest BCUT2D eigenvalue weighted by Crippen LogP contribution is -2.34. The predicted molar refractivity (Wildman–Crippen MR) is 80.0 cm³/mol. The molecule has 0 bridgehead atoms. The van der Waals surface area contributed by atoms with E-state index in [9.17, 15) is 0 Å². The molecule has 1 heterocycles. The average molecular weight is 272 g/mol. The van der Waals surface area contributed by atoms with Gasteiger partial charge in [-0.1, -0.05) is 20.8 Å². The van der Waals surface area contributed by atoms with Gasteiger partial charge in [-0.3, -0.25) is 0 Å². The van der Waals surface area contributed by atoms with Crippen molar-refractivity contribution in [1.82, 2.24) is 9.88 Å². The molecule has 1 atom stereocenters. The summed E-state index contributed by atoms with van der Waals surface area (Å²) < 4.78 is 0. The maximum atomic E-state index is 4.48. The van der Waals surface area contributed by atoms with Gasteiger partial charge >= 0.3 is 0 Å². The van der Waals surface area contributed by atoms with Gasteiger partial charge in [-0.05, 0) is 31.1 Å². The van der Waals surface area contributed by atoms with Gasteiger partial charge in [0, 0.05) is 18.0 Å². The Bertz CT molecular complexity index is 341. The maximum absolute atomic E-state index is 4.48. The average Bonchev–Trinajstić information content (AvgIpc) is 2.59. The molecule has 0 amide bonds. The number of hydrogen-bond acceptors (Lipinski definition) is 4. The summed E-state index contributed by atoms with van der Waals surface area (Å²) in [6.45, 7) is 11.0. The Morgan fingerprint density at radius 1 is 1.47 bits per heavy atom. The summed E-state index contributed by atoms with van der Waals surface area (Å²) in [4.78, 5) is 8.05. The van der Waals surface area contributed by atoms with E-state index in [0.717, 1.165) is 18.8 Å². The third kappa shape index (κ3) is 4.60. The van der Waals surface area contributed by atoms with Crippen LogP contribution in [0.2, 0.25) is 0 Å². The van der Waals surface area contributed by atoms with E-state index in [0.29, 0.717) is 11.3 Å². The number of rotatable bonds is 5. The van der Waals surface area contributed by atoms with E-state index < -0.39 is 0 Å². The Morgan fingerprint density at radius 3 is 2.53 bits per heavy atom. The van der Waals surface area contributed by atoms with E-state index in [2.05, 4.69) is 57.3 Å². The molecule has 0 aliphatic carbocycles. The number of nitrogens with zero attached hydrogens (tertiary/aromatic N) is 2. The van der Waals surface area contributed by atoms with E-state index in [1.54, 1.807) is 11.3 Å². The Balaban J connectivity index is 2.54. The minimum Gasteiger partial charge on any atom is -0.301 e. The number of hydrogen-bond donors (Lipinski definition) is 1. The number of thiol groups is 1. The molecule has 0 saturated carbocycles. The van der Waals surface area contributed by atoms with Crippen molar-refractivity contribution in [1.29, 1.82) is 0 Å². The molecule has 17 heavy (non-hydrogen) atoms. The van der Waals surface area contributed by atoms with Crippen LogP contribution in [0.15, 0.2) is 5.51 Å². The third-order valence-corrected chi connectivity index (χ3v) is 4.60. The molecular weight excluding hydrogens is 248 g/mol. The van der Waals surface area contributed by atoms with Gasteiger partial charge in [0.15, 0.2) is 0 Å². The van der Waals surface area contributed by atoms with Crippen molar-refractivity contribution in [3.8, 4) is 0 Å². The van der Waals surface area contributed by atoms with Crippen molar-refractivity contribution >= 4 is 24.0 Å². The summed E-state index contributed by atoms with van der Waals surface area (Å²) >= 11 is 6.23. The first-order valence-corrected chi connectivity index (χ1v) is 7.54. The second-order valence-electron chi connectivity index (χ2n) is 5.80. The summed E-state index contributed by atoms with van der Waals surface area (Å²) in [6.07, 6.45) is 0. The second-order valence-corrected chi connectivity index (χ2v) is 7.11. The molecule has 2 nitrogen and oxygen atoms in total. The molecule has 1 rings (SSSR count). The van der Waals surface area contributed by atoms with Crippen LogP contribution in [-0.2, 0) is 6.54 Å². The van der Waals surface area contributed by atoms with Gasteiger partial charge in [-0.2, -0.15) is 12.6 Å². The lowest BCUT2D eigenvalue weighted by Gasteiger charge is -2.32. The zero-order chi connectivity index (χ0) is 13.1. The predicted octanol–water partition coefficient (Wildman–Crippen LogP) is 3.48. The van der Waals surface area contributed by atoms with Gasteiger partial charge in [-0.15, -0.1) is 11.3 Å². The van der Waals surface area contributed by atoms with E-state index >= 15 is 0 Å². The molecule has 0 N–H and O–H groups in total. The molecule has 1 unspecified atom stereocenters. The van der Waals surface area contributed by atoms with Crippen molar-refractivity contribution < 1.29 is 0 Å². The lowest BCUT2D eigenvalue weighted by molar-refractivity contribution is 0.183. The Hall–Kier alpha value is -0.0600. The topological polar surface area (TPSA) is 16.1 Å². The molecule has 1 aromatic heterocycles. The summed E-state index contributed by atoms with van der Waals surface area (Å²) in [5.41, 5.74) is 3.41. The molecular formula is C13H24N2S2. The normalized spacial score (nSPS) is 14.3. The third-order valence-electron chi connectivity index (χ3n) is 3.24. The molecule has 0 saturated heterocycles. The van der Waals surface area contributed by atoms with Crippen LogP contribution in [0.5, 0.6) is 0 Å². The largest absolute Gasteiger partial charge is 0.301 e. The first-order valence-electron chi connectivity index (χ1n) is 6.03. The maximum Gasteiger partial charge on any atom is 0.0798 e. The van der Waals surface area contributed by atoms with Crippen molar-refractivity contribution in [3.63, 3.8) is 0 Å². The fourth-order valence-electron chi connectivity index (χ4n) is 1.77. The van der Waals surface area contributed by atoms with Gasteiger partial charge in [0.1, 0.15) is 0 Å². The minimum absolute atomic E-state index is 0.318. The van der Waals surface area contributed by atoms with Crippen LogP contribution in [-0.4, -0.2) is 29.2 Å². The molecule has 4 heteroatoms. The summed E-state index contributed by atoms with van der Waals surface area (Å²) in [5.74, 6) is 1.55. The summed E-state index contributed by atoms with van der Waals surface area (Å²) in [5, 5.41) is 0. The van der Waals surface area contributed by atoms with Crippen LogP contribution in [0.1, 0.15) is 31.3 Å². The van der Waals surface area contributed by atoms with Gasteiger partial charge in [-0.25, -0.2) is 4.98 Å². The van der Waals surface area contributed by atoms with E-state index in [4.69, 9.17) is 0 Å². The zero-order valence-corrected chi connectivity index (χ0v) is 13.2. The number of aromatic nitrogens is 1. The van der Waals surface area contributed by atoms with E-state index in [-0.39, 0.29) is 0 Å². The summed E-state index contributed by atoms with van der Waals surface area (Å²) in [6, 6.07) is 0. The van der Waals surface area contributed by atoms with Crippen molar-refractivity contribution in [2.45, 2.75) is 34.2 Å². The van der Waals surface area contributed by atoms with Gasteiger partial charge in [0.2, 0.25) is 0 Å². The molecule has 0 radical (unpaired) electrons. The molecule has 0 aliphatic rings. The van der Waals surface area contributed by atoms with Crippen LogP contribution in [0, 0.1) is 18.3 Å². The van der Waals surface area contributed by atoms with Crippen LogP contribution in [0.25, 0.3) is 0 Å². The molecule has 0 aromatic carbocycles. The quantitative estimate of drug-likeness (QED) is 0.826. The molecule has 1 aromatic rings. The lowest BCUT2D eigenvalue weighted by atomic mass is 9.81. The molecule has 0 spiro atoms. The highest BCUT2D eigenvalue weighted by molar-refractivity contribution is 7.80. The van der Waals surface area contributed by atoms with E-state index in [1.165, 1.54) is 10.6 Å². The van der Waals surface area contributed by atoms with Gasteiger partial charge in [0.25, 0.3) is 0 Å². The van der Waals surface area contributed by atoms with Crippen LogP contribution >= 0.6 is 24.0 Å². The highest BCUT2D eigenvalue weighted by Crippen LogP contribution is 2.28. The molecule has 0 aliphatic heterocycles. The fourth-order valence-corrected chi connectivity index (χ4v) is 3.29. The molecule has 98 valence electrons. The Morgan fingerprint density at radius 2 is 2.12 bits per heavy atom. The highest BCUT2D eigenvalue weighted by atomic mass is 32.1. The van der Waals surface area contributed by atoms with Crippen LogP contribution in [0.3, 0.4) is 0 Å². The standard InChI is InChI=1S/C13H24N2S2/c1-10-12(17-9-14-10)7-15(5)6-11(8-16)13(2,3)4/h9,11,16H,6-8H2,1-5H3. The van der Waals surface area contributed by atoms with Crippen LogP contribution < -0.4 is 0 Å². The first kappa shape index (κ1) is 15.0. The van der Waals surface area contributed by atoms with Gasteiger partial charge < -0.3 is 4.90 Å². The SMILES string of the molecule is Cc1ncsc1CN(C)CC(CS)C(C)(C)C. The first-order chi connectivity index (χ1) is 7.84. The van der Waals surface area contributed by atoms with Crippen molar-refractivity contribution in [2.24, 2.45) is 11.3 Å². The highest BCUT2D eigenvalue weighted by Gasteiger charge is 2.24. The Labute approximate surface area is 115 Å². The molecule has 0 fully saturated rings. The fraction of sp³-hybridized carbons (Fsp3) is 0.769. The van der Waals surface area contributed by atoms with Crippen molar-refractivity contribution in [2.75, 3.05) is 19.3 Å². The Kier molecular flexibility index (Phi) is 5.48. The van der Waals surface area contributed by atoms with Crippen molar-refractivity contribution in [3.05, 3.63) is 16.1 Å². The van der Waals surface area contributed by atoms with E-state index in [1.807, 2.05) is 5.51 Å². The second kappa shape index (κ2) is 6.21. The number of thiazole rings is 1.